The highest BCUT2D eigenvalue weighted by molar-refractivity contribution is 7.90. The van der Waals surface area contributed by atoms with Crippen LogP contribution in [0.25, 0.3) is 10.9 Å². The average molecular weight is 433 g/mol. The average Bonchev–Trinajstić information content (AvgIpc) is 3.47. The van der Waals surface area contributed by atoms with Gasteiger partial charge in [-0.05, 0) is 30.3 Å². The number of hydrogen-bond acceptors (Lipinski definition) is 5. The number of nitrogens with zero attached hydrogens (tertiary/aromatic N) is 1. The predicted octanol–water partition coefficient (Wildman–Crippen LogP) is 4.15. The first-order chi connectivity index (χ1) is 15.1. The Kier molecular flexibility index (Phi) is 4.94. The van der Waals surface area contributed by atoms with Gasteiger partial charge in [-0.3, -0.25) is 4.79 Å². The minimum Gasteiger partial charge on any atom is -0.346 e. The van der Waals surface area contributed by atoms with Gasteiger partial charge in [0.1, 0.15) is 5.69 Å². The third kappa shape index (κ3) is 3.46. The van der Waals surface area contributed by atoms with Gasteiger partial charge in [0.2, 0.25) is 5.78 Å². The van der Waals surface area contributed by atoms with Crippen molar-refractivity contribution in [2.24, 2.45) is 0 Å². The van der Waals surface area contributed by atoms with E-state index in [4.69, 9.17) is 9.47 Å². The van der Waals surface area contributed by atoms with Gasteiger partial charge in [-0.15, -0.1) is 0 Å². The zero-order valence-electron chi connectivity index (χ0n) is 16.5. The molecular weight excluding hydrogens is 414 g/mol. The van der Waals surface area contributed by atoms with Crippen molar-refractivity contribution in [3.63, 3.8) is 0 Å². The molecule has 4 aromatic rings. The van der Waals surface area contributed by atoms with Crippen LogP contribution in [-0.2, 0) is 19.5 Å². The lowest BCUT2D eigenvalue weighted by Gasteiger charge is -2.12. The Morgan fingerprint density at radius 1 is 0.839 bits per heavy atom. The van der Waals surface area contributed by atoms with Gasteiger partial charge < -0.3 is 9.47 Å². The largest absolute Gasteiger partial charge is 0.346 e. The maximum Gasteiger partial charge on any atom is 0.268 e. The van der Waals surface area contributed by atoms with Crippen LogP contribution in [0.4, 0.5) is 0 Å². The van der Waals surface area contributed by atoms with Gasteiger partial charge in [-0.2, -0.15) is 0 Å². The van der Waals surface area contributed by atoms with E-state index >= 15 is 0 Å². The molecule has 0 saturated carbocycles. The third-order valence-corrected chi connectivity index (χ3v) is 6.97. The maximum absolute atomic E-state index is 13.6. The van der Waals surface area contributed by atoms with Crippen LogP contribution in [0.1, 0.15) is 27.9 Å². The van der Waals surface area contributed by atoms with E-state index in [1.54, 1.807) is 66.7 Å². The van der Waals surface area contributed by atoms with Crippen molar-refractivity contribution in [1.82, 2.24) is 3.97 Å². The van der Waals surface area contributed by atoms with E-state index in [1.807, 2.05) is 6.07 Å². The molecule has 0 aliphatic carbocycles. The van der Waals surface area contributed by atoms with Crippen LogP contribution in [0, 0.1) is 0 Å². The first-order valence-electron chi connectivity index (χ1n) is 9.85. The summed E-state index contributed by atoms with van der Waals surface area (Å²) in [5, 5.41) is 0.621. The first kappa shape index (κ1) is 19.7. The number of ketones is 1. The summed E-state index contributed by atoms with van der Waals surface area (Å²) in [5.74, 6) is -0.369. The summed E-state index contributed by atoms with van der Waals surface area (Å²) in [4.78, 5) is 13.4. The van der Waals surface area contributed by atoms with Crippen molar-refractivity contribution in [3.05, 3.63) is 102 Å². The van der Waals surface area contributed by atoms with Gasteiger partial charge in [0.15, 0.2) is 6.29 Å². The van der Waals surface area contributed by atoms with Crippen LogP contribution in [0.5, 0.6) is 0 Å². The fourth-order valence-corrected chi connectivity index (χ4v) is 5.29. The van der Waals surface area contributed by atoms with Gasteiger partial charge in [-0.25, -0.2) is 12.4 Å². The van der Waals surface area contributed by atoms with Crippen LogP contribution in [0.15, 0.2) is 89.8 Å². The monoisotopic (exact) mass is 433 g/mol. The standard InChI is InChI=1S/C24H19NO5S/c26-23(17-7-3-1-4-8-17)22-16-19-15-18(24-29-13-14-30-24)11-12-21(19)25(22)31(27,28)20-9-5-2-6-10-20/h1-12,15-16,24H,13-14H2. The number of carbonyl (C=O) groups excluding carboxylic acids is 1. The van der Waals surface area contributed by atoms with Crippen molar-refractivity contribution in [3.8, 4) is 0 Å². The number of fused-ring (bicyclic) bond motifs is 1. The SMILES string of the molecule is O=C(c1ccccc1)c1cc2cc(C3OCCO3)ccc2n1S(=O)(=O)c1ccccc1. The van der Waals surface area contributed by atoms with E-state index in [9.17, 15) is 13.2 Å². The zero-order chi connectivity index (χ0) is 21.4. The summed E-state index contributed by atoms with van der Waals surface area (Å²) in [6, 6.07) is 23.6. The highest BCUT2D eigenvalue weighted by Gasteiger charge is 2.28. The van der Waals surface area contributed by atoms with E-state index in [1.165, 1.54) is 12.1 Å². The first-order valence-corrected chi connectivity index (χ1v) is 11.3. The van der Waals surface area contributed by atoms with E-state index in [-0.39, 0.29) is 16.4 Å². The molecule has 1 aromatic heterocycles. The molecule has 0 unspecified atom stereocenters. The van der Waals surface area contributed by atoms with Gasteiger partial charge in [0.05, 0.1) is 23.6 Å². The fourth-order valence-electron chi connectivity index (χ4n) is 3.76. The topological polar surface area (TPSA) is 74.6 Å². The van der Waals surface area contributed by atoms with Gasteiger partial charge in [-0.1, -0.05) is 54.6 Å². The second-order valence-corrected chi connectivity index (χ2v) is 8.99. The number of aromatic nitrogens is 1. The lowest BCUT2D eigenvalue weighted by Crippen LogP contribution is -2.19. The Morgan fingerprint density at radius 3 is 2.16 bits per heavy atom. The Hall–Kier alpha value is -3.26. The molecule has 7 heteroatoms. The van der Waals surface area contributed by atoms with Crippen molar-refractivity contribution in [2.45, 2.75) is 11.2 Å². The molecule has 31 heavy (non-hydrogen) atoms. The van der Waals surface area contributed by atoms with Crippen LogP contribution < -0.4 is 0 Å². The van der Waals surface area contributed by atoms with E-state index in [0.29, 0.717) is 29.7 Å². The molecule has 1 aliphatic heterocycles. The third-order valence-electron chi connectivity index (χ3n) is 5.23. The molecule has 3 aromatic carbocycles. The number of benzene rings is 3. The quantitative estimate of drug-likeness (QED) is 0.442. The predicted molar refractivity (Wildman–Crippen MR) is 115 cm³/mol. The van der Waals surface area contributed by atoms with E-state index < -0.39 is 16.3 Å². The smallest absolute Gasteiger partial charge is 0.268 e. The summed E-state index contributed by atoms with van der Waals surface area (Å²) in [5.41, 5.74) is 1.69. The number of hydrogen-bond donors (Lipinski definition) is 0. The zero-order valence-corrected chi connectivity index (χ0v) is 17.3. The molecule has 6 nitrogen and oxygen atoms in total. The second-order valence-electron chi connectivity index (χ2n) is 7.20. The van der Waals surface area contributed by atoms with Crippen LogP contribution in [0.2, 0.25) is 0 Å². The Bertz CT molecular complexity index is 1360. The molecule has 1 saturated heterocycles. The highest BCUT2D eigenvalue weighted by atomic mass is 32.2. The fraction of sp³-hybridized carbons (Fsp3) is 0.125. The lowest BCUT2D eigenvalue weighted by atomic mass is 10.1. The molecule has 5 rings (SSSR count). The van der Waals surface area contributed by atoms with Crippen molar-refractivity contribution in [2.75, 3.05) is 13.2 Å². The summed E-state index contributed by atoms with van der Waals surface area (Å²) in [7, 11) is -4.00. The Morgan fingerprint density at radius 2 is 1.48 bits per heavy atom. The van der Waals surface area contributed by atoms with Crippen LogP contribution in [0.3, 0.4) is 0 Å². The molecule has 0 N–H and O–H groups in total. The molecule has 0 atom stereocenters. The number of rotatable bonds is 5. The minimum absolute atomic E-state index is 0.0791. The Balaban J connectivity index is 1.74. The molecule has 0 radical (unpaired) electrons. The lowest BCUT2D eigenvalue weighted by molar-refractivity contribution is -0.0440. The van der Waals surface area contributed by atoms with Crippen molar-refractivity contribution < 1.29 is 22.7 Å². The summed E-state index contributed by atoms with van der Waals surface area (Å²) in [6.07, 6.45) is -0.494. The highest BCUT2D eigenvalue weighted by Crippen LogP contribution is 2.31. The van der Waals surface area contributed by atoms with Crippen molar-refractivity contribution in [1.29, 1.82) is 0 Å². The normalized spacial score (nSPS) is 14.8. The van der Waals surface area contributed by atoms with Gasteiger partial charge >= 0.3 is 0 Å². The van der Waals surface area contributed by atoms with Gasteiger partial charge in [0.25, 0.3) is 10.0 Å². The molecule has 1 fully saturated rings. The number of carbonyl (C=O) groups is 1. The van der Waals surface area contributed by atoms with Crippen LogP contribution >= 0.6 is 0 Å². The molecule has 0 amide bonds. The summed E-state index contributed by atoms with van der Waals surface area (Å²) in [6.45, 7) is 1.01. The molecule has 0 bridgehead atoms. The van der Waals surface area contributed by atoms with E-state index in [0.717, 1.165) is 9.54 Å². The molecular formula is C24H19NO5S. The molecule has 156 valence electrons. The van der Waals surface area contributed by atoms with Crippen molar-refractivity contribution >= 4 is 26.7 Å². The molecule has 0 spiro atoms. The molecule has 1 aliphatic rings. The van der Waals surface area contributed by atoms with E-state index in [2.05, 4.69) is 0 Å². The maximum atomic E-state index is 13.6. The summed E-state index contributed by atoms with van der Waals surface area (Å²) < 4.78 is 39.4. The Labute approximate surface area is 179 Å². The van der Waals surface area contributed by atoms with Gasteiger partial charge in [0, 0.05) is 16.5 Å². The second kappa shape index (κ2) is 7.77. The molecule has 2 heterocycles. The number of ether oxygens (including phenoxy) is 2. The van der Waals surface area contributed by atoms with Crippen LogP contribution in [-0.4, -0.2) is 31.4 Å². The summed E-state index contributed by atoms with van der Waals surface area (Å²) >= 11 is 0. The minimum atomic E-state index is -4.00.